The Kier molecular flexibility index (Phi) is 5.29. The van der Waals surface area contributed by atoms with E-state index in [1.807, 2.05) is 20.8 Å². The summed E-state index contributed by atoms with van der Waals surface area (Å²) < 4.78 is 5.35. The average molecular weight is 317 g/mol. The van der Waals surface area contributed by atoms with Crippen molar-refractivity contribution in [2.75, 3.05) is 33.7 Å². The number of likely N-dealkylation sites (N-methyl/N-ethyl adjacent to an activating group) is 2. The molecule has 1 aromatic carbocycles. The quantitative estimate of drug-likeness (QED) is 0.858. The molecule has 23 heavy (non-hydrogen) atoms. The van der Waals surface area contributed by atoms with Crippen LogP contribution in [0.5, 0.6) is 0 Å². The lowest BCUT2D eigenvalue weighted by atomic mass is 10.1. The first-order chi connectivity index (χ1) is 10.8. The van der Waals surface area contributed by atoms with Crippen molar-refractivity contribution in [1.29, 1.82) is 0 Å². The topological polar surface area (TPSA) is 45.1 Å². The third-order valence-electron chi connectivity index (χ3n) is 3.71. The van der Waals surface area contributed by atoms with Crippen molar-refractivity contribution in [3.63, 3.8) is 0 Å². The van der Waals surface area contributed by atoms with Gasteiger partial charge >= 0.3 is 6.09 Å². The fourth-order valence-electron chi connectivity index (χ4n) is 2.39. The first-order valence-corrected chi connectivity index (χ1v) is 8.05. The van der Waals surface area contributed by atoms with Crippen LogP contribution in [0.4, 0.5) is 4.79 Å². The van der Waals surface area contributed by atoms with Crippen LogP contribution in [-0.2, 0) is 11.2 Å². The van der Waals surface area contributed by atoms with E-state index in [1.54, 1.807) is 11.9 Å². The van der Waals surface area contributed by atoms with E-state index in [2.05, 4.69) is 41.2 Å². The zero-order valence-corrected chi connectivity index (χ0v) is 14.8. The van der Waals surface area contributed by atoms with E-state index in [0.29, 0.717) is 6.54 Å². The van der Waals surface area contributed by atoms with Gasteiger partial charge in [0.1, 0.15) is 11.4 Å². The Hall–Kier alpha value is -2.04. The highest BCUT2D eigenvalue weighted by Gasteiger charge is 2.19. The maximum atomic E-state index is 11.9. The van der Waals surface area contributed by atoms with Crippen molar-refractivity contribution in [2.24, 2.45) is 4.99 Å². The van der Waals surface area contributed by atoms with E-state index < -0.39 is 5.60 Å². The highest BCUT2D eigenvalue weighted by molar-refractivity contribution is 5.99. The molecule has 5 heteroatoms. The van der Waals surface area contributed by atoms with Gasteiger partial charge in [-0.3, -0.25) is 4.99 Å². The van der Waals surface area contributed by atoms with Crippen LogP contribution in [-0.4, -0.2) is 61.1 Å². The first-order valence-electron chi connectivity index (χ1n) is 8.05. The number of nitrogens with zero attached hydrogens (tertiary/aromatic N) is 3. The number of benzene rings is 1. The standard InChI is InChI=1S/C18H27N3O2/c1-18(2,3)23-17(22)21(5)12-10-14-6-8-15(9-7-14)16-19-11-13-20(16)4/h6-9H,10-13H2,1-5H3. The Balaban J connectivity index is 1.88. The van der Waals surface area contributed by atoms with E-state index in [-0.39, 0.29) is 6.09 Å². The SMILES string of the molecule is CN(CCc1ccc(C2=NCCN2C)cc1)C(=O)OC(C)(C)C. The third-order valence-corrected chi connectivity index (χ3v) is 3.71. The van der Waals surface area contributed by atoms with Crippen LogP contribution < -0.4 is 0 Å². The molecule has 1 aliphatic rings. The second-order valence-corrected chi connectivity index (χ2v) is 6.98. The van der Waals surface area contributed by atoms with E-state index in [9.17, 15) is 4.79 Å². The van der Waals surface area contributed by atoms with Crippen molar-refractivity contribution in [2.45, 2.75) is 32.8 Å². The van der Waals surface area contributed by atoms with Gasteiger partial charge in [-0.2, -0.15) is 0 Å². The molecule has 0 radical (unpaired) electrons. The molecule has 0 aromatic heterocycles. The largest absolute Gasteiger partial charge is 0.444 e. The summed E-state index contributed by atoms with van der Waals surface area (Å²) in [4.78, 5) is 20.2. The minimum absolute atomic E-state index is 0.281. The average Bonchev–Trinajstić information content (AvgIpc) is 2.89. The lowest BCUT2D eigenvalue weighted by Gasteiger charge is -2.24. The van der Waals surface area contributed by atoms with Crippen LogP contribution in [0, 0.1) is 0 Å². The zero-order chi connectivity index (χ0) is 17.0. The van der Waals surface area contributed by atoms with Gasteiger partial charge in [-0.25, -0.2) is 4.79 Å². The maximum Gasteiger partial charge on any atom is 0.410 e. The summed E-state index contributed by atoms with van der Waals surface area (Å²) in [7, 11) is 3.83. The van der Waals surface area contributed by atoms with Gasteiger partial charge in [-0.05, 0) is 32.8 Å². The van der Waals surface area contributed by atoms with Crippen LogP contribution in [0.2, 0.25) is 0 Å². The Morgan fingerprint density at radius 3 is 2.48 bits per heavy atom. The van der Waals surface area contributed by atoms with Crippen LogP contribution in [0.15, 0.2) is 29.3 Å². The molecule has 1 amide bonds. The molecule has 1 heterocycles. The second-order valence-electron chi connectivity index (χ2n) is 6.98. The molecule has 1 aromatic rings. The Labute approximate surface area is 138 Å². The van der Waals surface area contributed by atoms with Crippen molar-refractivity contribution in [3.05, 3.63) is 35.4 Å². The number of ether oxygens (including phenoxy) is 1. The highest BCUT2D eigenvalue weighted by Crippen LogP contribution is 2.13. The Bertz CT molecular complexity index is 573. The fourth-order valence-corrected chi connectivity index (χ4v) is 2.39. The molecule has 0 unspecified atom stereocenters. The summed E-state index contributed by atoms with van der Waals surface area (Å²) in [5.41, 5.74) is 1.89. The molecule has 0 spiro atoms. The van der Waals surface area contributed by atoms with E-state index in [0.717, 1.165) is 30.9 Å². The fraction of sp³-hybridized carbons (Fsp3) is 0.556. The molecule has 2 rings (SSSR count). The van der Waals surface area contributed by atoms with Crippen molar-refractivity contribution >= 4 is 11.9 Å². The summed E-state index contributed by atoms with van der Waals surface area (Å²) in [5.74, 6) is 1.06. The van der Waals surface area contributed by atoms with Gasteiger partial charge < -0.3 is 14.5 Å². The van der Waals surface area contributed by atoms with Crippen LogP contribution in [0.25, 0.3) is 0 Å². The number of hydrogen-bond acceptors (Lipinski definition) is 4. The number of rotatable bonds is 4. The van der Waals surface area contributed by atoms with Gasteiger partial charge in [0.2, 0.25) is 0 Å². The van der Waals surface area contributed by atoms with Gasteiger partial charge in [0, 0.05) is 32.7 Å². The Morgan fingerprint density at radius 1 is 1.30 bits per heavy atom. The molecule has 0 atom stereocenters. The molecule has 0 saturated carbocycles. The van der Waals surface area contributed by atoms with Crippen LogP contribution in [0.3, 0.4) is 0 Å². The predicted molar refractivity (Wildman–Crippen MR) is 93.0 cm³/mol. The molecule has 0 N–H and O–H groups in total. The minimum atomic E-state index is -0.457. The predicted octanol–water partition coefficient (Wildman–Crippen LogP) is 2.79. The van der Waals surface area contributed by atoms with Crippen molar-refractivity contribution in [1.82, 2.24) is 9.80 Å². The van der Waals surface area contributed by atoms with E-state index >= 15 is 0 Å². The minimum Gasteiger partial charge on any atom is -0.444 e. The monoisotopic (exact) mass is 317 g/mol. The van der Waals surface area contributed by atoms with E-state index in [1.165, 1.54) is 5.56 Å². The number of aliphatic imine (C=N–C) groups is 1. The van der Waals surface area contributed by atoms with Gasteiger partial charge in [-0.1, -0.05) is 24.3 Å². The number of carbonyl (C=O) groups is 1. The maximum absolute atomic E-state index is 11.9. The molecular weight excluding hydrogens is 290 g/mol. The summed E-state index contributed by atoms with van der Waals surface area (Å²) in [5, 5.41) is 0. The van der Waals surface area contributed by atoms with Crippen LogP contribution >= 0.6 is 0 Å². The van der Waals surface area contributed by atoms with Gasteiger partial charge in [0.05, 0.1) is 6.54 Å². The summed E-state index contributed by atoms with van der Waals surface area (Å²) >= 11 is 0. The molecule has 1 aliphatic heterocycles. The number of carbonyl (C=O) groups excluding carboxylic acids is 1. The zero-order valence-electron chi connectivity index (χ0n) is 14.8. The second kappa shape index (κ2) is 7.02. The van der Waals surface area contributed by atoms with Crippen molar-refractivity contribution in [3.8, 4) is 0 Å². The smallest absolute Gasteiger partial charge is 0.410 e. The first kappa shape index (κ1) is 17.3. The summed E-state index contributed by atoms with van der Waals surface area (Å²) in [6, 6.07) is 8.41. The lowest BCUT2D eigenvalue weighted by Crippen LogP contribution is -2.35. The molecule has 0 fully saturated rings. The normalized spacial score (nSPS) is 14.7. The molecule has 5 nitrogen and oxygen atoms in total. The third kappa shape index (κ3) is 4.98. The number of amides is 1. The summed E-state index contributed by atoms with van der Waals surface area (Å²) in [6.07, 6.45) is 0.522. The summed E-state index contributed by atoms with van der Waals surface area (Å²) in [6.45, 7) is 8.11. The van der Waals surface area contributed by atoms with Gasteiger partial charge in [-0.15, -0.1) is 0 Å². The molecule has 0 aliphatic carbocycles. The lowest BCUT2D eigenvalue weighted by molar-refractivity contribution is 0.0301. The molecule has 0 saturated heterocycles. The van der Waals surface area contributed by atoms with Crippen molar-refractivity contribution < 1.29 is 9.53 Å². The number of amidine groups is 1. The molecule has 0 bridgehead atoms. The van der Waals surface area contributed by atoms with Gasteiger partial charge in [0.15, 0.2) is 0 Å². The molecular formula is C18H27N3O2. The number of hydrogen-bond donors (Lipinski definition) is 0. The van der Waals surface area contributed by atoms with Crippen LogP contribution in [0.1, 0.15) is 31.9 Å². The highest BCUT2D eigenvalue weighted by atomic mass is 16.6. The molecule has 126 valence electrons. The van der Waals surface area contributed by atoms with E-state index in [4.69, 9.17) is 4.74 Å². The van der Waals surface area contributed by atoms with Gasteiger partial charge in [0.25, 0.3) is 0 Å². The Morgan fingerprint density at radius 2 is 1.96 bits per heavy atom.